The number of halogens is 1. The zero-order valence-corrected chi connectivity index (χ0v) is 17.2. The lowest BCUT2D eigenvalue weighted by Crippen LogP contribution is -2.08. The maximum absolute atomic E-state index is 13.5. The van der Waals surface area contributed by atoms with Crippen molar-refractivity contribution in [1.82, 2.24) is 0 Å². The highest BCUT2D eigenvalue weighted by Crippen LogP contribution is 2.24. The van der Waals surface area contributed by atoms with E-state index < -0.39 is 15.8 Å². The van der Waals surface area contributed by atoms with Gasteiger partial charge in [0.25, 0.3) is 0 Å². The zero-order valence-electron chi connectivity index (χ0n) is 16.4. The third-order valence-electron chi connectivity index (χ3n) is 4.86. The molecular formula is C22H27FO4S. The average molecular weight is 407 g/mol. The van der Waals surface area contributed by atoms with Crippen LogP contribution in [0.3, 0.4) is 0 Å². The Morgan fingerprint density at radius 1 is 1.00 bits per heavy atom. The van der Waals surface area contributed by atoms with Crippen LogP contribution in [0.25, 0.3) is 0 Å². The summed E-state index contributed by atoms with van der Waals surface area (Å²) in [4.78, 5) is 10.8. The molecule has 0 heterocycles. The van der Waals surface area contributed by atoms with Gasteiger partial charge in [-0.1, -0.05) is 25.0 Å². The van der Waals surface area contributed by atoms with Crippen LogP contribution < -0.4 is 0 Å². The molecule has 0 radical (unpaired) electrons. The number of rotatable bonds is 10. The summed E-state index contributed by atoms with van der Waals surface area (Å²) in [5, 5.41) is 8.63. The van der Waals surface area contributed by atoms with E-state index in [4.69, 9.17) is 5.11 Å². The quantitative estimate of drug-likeness (QED) is 0.564. The molecule has 0 saturated carbocycles. The summed E-state index contributed by atoms with van der Waals surface area (Å²) in [6.45, 7) is 3.45. The van der Waals surface area contributed by atoms with Crippen LogP contribution in [0.5, 0.6) is 0 Å². The van der Waals surface area contributed by atoms with Gasteiger partial charge in [0, 0.05) is 6.42 Å². The normalized spacial score (nSPS) is 11.5. The highest BCUT2D eigenvalue weighted by molar-refractivity contribution is 7.90. The van der Waals surface area contributed by atoms with Crippen LogP contribution in [0.2, 0.25) is 0 Å². The molecule has 152 valence electrons. The lowest BCUT2D eigenvalue weighted by Gasteiger charge is -2.12. The number of carboxylic acid groups (broad SMARTS) is 1. The molecule has 0 fully saturated rings. The molecule has 0 amide bonds. The van der Waals surface area contributed by atoms with E-state index in [9.17, 15) is 17.6 Å². The first-order valence-corrected chi connectivity index (χ1v) is 11.1. The van der Waals surface area contributed by atoms with Crippen molar-refractivity contribution < 1.29 is 22.7 Å². The predicted molar refractivity (Wildman–Crippen MR) is 108 cm³/mol. The fraction of sp³-hybridized carbons (Fsp3) is 0.409. The molecule has 4 nitrogen and oxygen atoms in total. The van der Waals surface area contributed by atoms with Crippen molar-refractivity contribution in [2.45, 2.75) is 63.0 Å². The minimum absolute atomic E-state index is 0.149. The summed E-state index contributed by atoms with van der Waals surface area (Å²) in [6, 6.07) is 9.68. The number of hydrogen-bond donors (Lipinski definition) is 1. The summed E-state index contributed by atoms with van der Waals surface area (Å²) in [7, 11) is -3.53. The van der Waals surface area contributed by atoms with E-state index in [1.807, 2.05) is 6.07 Å². The van der Waals surface area contributed by atoms with E-state index in [0.717, 1.165) is 31.2 Å². The van der Waals surface area contributed by atoms with Gasteiger partial charge in [0.1, 0.15) is 5.82 Å². The Balaban J connectivity index is 2.03. The first-order chi connectivity index (χ1) is 13.2. The van der Waals surface area contributed by atoms with Gasteiger partial charge in [-0.05, 0) is 79.6 Å². The Hall–Kier alpha value is -2.21. The Labute approximate surface area is 166 Å². The van der Waals surface area contributed by atoms with Crippen molar-refractivity contribution in [2.24, 2.45) is 0 Å². The molecule has 2 rings (SSSR count). The summed E-state index contributed by atoms with van der Waals surface area (Å²) in [5.74, 6) is -1.28. The smallest absolute Gasteiger partial charge is 0.303 e. The van der Waals surface area contributed by atoms with Crippen molar-refractivity contribution in [3.05, 3.63) is 64.5 Å². The molecule has 0 saturated heterocycles. The van der Waals surface area contributed by atoms with Crippen LogP contribution >= 0.6 is 0 Å². The molecule has 0 atom stereocenters. The minimum atomic E-state index is -3.53. The van der Waals surface area contributed by atoms with Gasteiger partial charge in [-0.25, -0.2) is 12.8 Å². The summed E-state index contributed by atoms with van der Waals surface area (Å²) in [6.07, 6.45) is 4.27. The van der Waals surface area contributed by atoms with Crippen LogP contribution in [0.15, 0.2) is 41.3 Å². The molecule has 0 aliphatic carbocycles. The minimum Gasteiger partial charge on any atom is -0.481 e. The lowest BCUT2D eigenvalue weighted by atomic mass is 10.0. The number of carboxylic acids is 1. The van der Waals surface area contributed by atoms with Gasteiger partial charge in [0.05, 0.1) is 10.6 Å². The SMILES string of the molecule is Cc1cc(F)cc(C)c1CS(=O)(=O)c1cccc(CCCCCCC(=O)O)c1. The highest BCUT2D eigenvalue weighted by atomic mass is 32.2. The molecule has 0 aliphatic heterocycles. The van der Waals surface area contributed by atoms with Crippen molar-refractivity contribution in [1.29, 1.82) is 0 Å². The van der Waals surface area contributed by atoms with Crippen LogP contribution in [0, 0.1) is 19.7 Å². The number of benzene rings is 2. The lowest BCUT2D eigenvalue weighted by molar-refractivity contribution is -0.137. The Morgan fingerprint density at radius 2 is 1.64 bits per heavy atom. The van der Waals surface area contributed by atoms with Gasteiger partial charge in [0.2, 0.25) is 0 Å². The fourth-order valence-electron chi connectivity index (χ4n) is 3.29. The van der Waals surface area contributed by atoms with Crippen LogP contribution in [-0.4, -0.2) is 19.5 Å². The van der Waals surface area contributed by atoms with E-state index in [2.05, 4.69) is 0 Å². The van der Waals surface area contributed by atoms with Crippen molar-refractivity contribution in [3.8, 4) is 0 Å². The Morgan fingerprint density at radius 3 is 2.29 bits per heavy atom. The second-order valence-electron chi connectivity index (χ2n) is 7.23. The van der Waals surface area contributed by atoms with E-state index in [0.29, 0.717) is 23.1 Å². The molecule has 1 N–H and O–H groups in total. The first kappa shape index (κ1) is 22.1. The second kappa shape index (κ2) is 9.82. The van der Waals surface area contributed by atoms with E-state index in [-0.39, 0.29) is 22.9 Å². The monoisotopic (exact) mass is 406 g/mol. The van der Waals surface area contributed by atoms with E-state index >= 15 is 0 Å². The van der Waals surface area contributed by atoms with Gasteiger partial charge >= 0.3 is 5.97 Å². The van der Waals surface area contributed by atoms with Gasteiger partial charge in [-0.15, -0.1) is 0 Å². The maximum Gasteiger partial charge on any atom is 0.303 e. The number of hydrogen-bond acceptors (Lipinski definition) is 3. The predicted octanol–water partition coefficient (Wildman–Crippen LogP) is 4.99. The third-order valence-corrected chi connectivity index (χ3v) is 6.50. The highest BCUT2D eigenvalue weighted by Gasteiger charge is 2.19. The number of unbranched alkanes of at least 4 members (excludes halogenated alkanes) is 3. The van der Waals surface area contributed by atoms with Crippen LogP contribution in [-0.2, 0) is 26.8 Å². The molecule has 2 aromatic carbocycles. The molecule has 0 aromatic heterocycles. The molecule has 0 aliphatic rings. The number of sulfone groups is 1. The van der Waals surface area contributed by atoms with Gasteiger partial charge in [0.15, 0.2) is 9.84 Å². The summed E-state index contributed by atoms with van der Waals surface area (Å²) < 4.78 is 39.2. The number of aliphatic carboxylic acids is 1. The Kier molecular flexibility index (Phi) is 7.75. The summed E-state index contributed by atoms with van der Waals surface area (Å²) >= 11 is 0. The van der Waals surface area contributed by atoms with E-state index in [1.54, 1.807) is 32.0 Å². The van der Waals surface area contributed by atoms with Gasteiger partial charge in [-0.2, -0.15) is 0 Å². The number of aryl methyl sites for hydroxylation is 3. The van der Waals surface area contributed by atoms with Crippen molar-refractivity contribution in [3.63, 3.8) is 0 Å². The first-order valence-electron chi connectivity index (χ1n) is 9.48. The molecule has 0 unspecified atom stereocenters. The standard InChI is InChI=1S/C22H27FO4S/c1-16-12-19(23)13-17(2)21(16)15-28(26,27)20-10-7-9-18(14-20)8-5-3-4-6-11-22(24)25/h7,9-10,12-14H,3-6,8,11,15H2,1-2H3,(H,24,25). The second-order valence-corrected chi connectivity index (χ2v) is 9.22. The third kappa shape index (κ3) is 6.44. The topological polar surface area (TPSA) is 71.4 Å². The summed E-state index contributed by atoms with van der Waals surface area (Å²) in [5.41, 5.74) is 2.87. The fourth-order valence-corrected chi connectivity index (χ4v) is 4.91. The average Bonchev–Trinajstić information content (AvgIpc) is 2.61. The maximum atomic E-state index is 13.5. The van der Waals surface area contributed by atoms with Crippen molar-refractivity contribution in [2.75, 3.05) is 0 Å². The van der Waals surface area contributed by atoms with Crippen molar-refractivity contribution >= 4 is 15.8 Å². The van der Waals surface area contributed by atoms with Crippen LogP contribution in [0.4, 0.5) is 4.39 Å². The molecule has 6 heteroatoms. The Bertz CT molecular complexity index is 912. The molecular weight excluding hydrogens is 379 g/mol. The molecule has 2 aromatic rings. The van der Waals surface area contributed by atoms with Crippen LogP contribution in [0.1, 0.15) is 54.4 Å². The van der Waals surface area contributed by atoms with E-state index in [1.165, 1.54) is 12.1 Å². The molecule has 0 spiro atoms. The van der Waals surface area contributed by atoms with Gasteiger partial charge < -0.3 is 5.11 Å². The largest absolute Gasteiger partial charge is 0.481 e. The van der Waals surface area contributed by atoms with Gasteiger partial charge in [-0.3, -0.25) is 4.79 Å². The molecule has 28 heavy (non-hydrogen) atoms. The zero-order chi connectivity index (χ0) is 20.7. The molecule has 0 bridgehead atoms. The number of carbonyl (C=O) groups is 1.